The van der Waals surface area contributed by atoms with Gasteiger partial charge in [-0.1, -0.05) is 30.2 Å². The minimum atomic E-state index is -5.60. The quantitative estimate of drug-likeness (QED) is 0.237. The van der Waals surface area contributed by atoms with E-state index in [4.69, 9.17) is 4.74 Å². The van der Waals surface area contributed by atoms with Gasteiger partial charge in [0.05, 0.1) is 16.7 Å². The summed E-state index contributed by atoms with van der Waals surface area (Å²) in [6.45, 7) is 0.0227. The summed E-state index contributed by atoms with van der Waals surface area (Å²) in [6.07, 6.45) is 0. The van der Waals surface area contributed by atoms with Crippen molar-refractivity contribution in [2.45, 2.75) is 18.4 Å². The Morgan fingerprint density at radius 3 is 2.35 bits per heavy atom. The number of para-hydroxylation sites is 1. The van der Waals surface area contributed by atoms with Gasteiger partial charge in [0.2, 0.25) is 0 Å². The number of anilines is 1. The highest BCUT2D eigenvalue weighted by Crippen LogP contribution is 2.33. The van der Waals surface area contributed by atoms with E-state index in [0.29, 0.717) is 28.0 Å². The number of halogens is 5. The first-order valence-electron chi connectivity index (χ1n) is 10.6. The van der Waals surface area contributed by atoms with Crippen molar-refractivity contribution in [1.29, 1.82) is 0 Å². The lowest BCUT2D eigenvalue weighted by atomic mass is 10.0. The average Bonchev–Trinajstić information content (AvgIpc) is 3.23. The molecule has 4 rings (SSSR count). The predicted octanol–water partition coefficient (Wildman–Crippen LogP) is 5.93. The van der Waals surface area contributed by atoms with Gasteiger partial charge in [-0.2, -0.15) is 21.6 Å². The van der Waals surface area contributed by atoms with Gasteiger partial charge in [-0.3, -0.25) is 4.72 Å². The molecule has 0 saturated heterocycles. The van der Waals surface area contributed by atoms with Crippen molar-refractivity contribution < 1.29 is 35.1 Å². The zero-order valence-electron chi connectivity index (χ0n) is 19.0. The monoisotopic (exact) mass is 535 g/mol. The second-order valence-electron chi connectivity index (χ2n) is 8.05. The maximum atomic E-state index is 12.9. The van der Waals surface area contributed by atoms with E-state index in [-0.39, 0.29) is 17.0 Å². The molecule has 0 fully saturated rings. The number of rotatable bonds is 6. The van der Waals surface area contributed by atoms with E-state index in [1.807, 2.05) is 0 Å². The van der Waals surface area contributed by atoms with E-state index in [2.05, 4.69) is 21.8 Å². The van der Waals surface area contributed by atoms with Gasteiger partial charge >= 0.3 is 15.5 Å². The van der Waals surface area contributed by atoms with Crippen LogP contribution >= 0.6 is 0 Å². The summed E-state index contributed by atoms with van der Waals surface area (Å²) in [5.74, 6) is 3.38. The third-order valence-electron chi connectivity index (χ3n) is 4.94. The van der Waals surface area contributed by atoms with Crippen molar-refractivity contribution in [1.82, 2.24) is 9.97 Å². The van der Waals surface area contributed by atoms with Crippen LogP contribution in [-0.4, -0.2) is 36.4 Å². The van der Waals surface area contributed by atoms with Gasteiger partial charge < -0.3 is 9.72 Å². The Hall–Kier alpha value is -4.11. The Kier molecular flexibility index (Phi) is 6.84. The van der Waals surface area contributed by atoms with Crippen LogP contribution in [0.15, 0.2) is 66.7 Å². The third kappa shape index (κ3) is 6.37. The topological polar surface area (TPSA) is 84.1 Å². The molecule has 1 aromatic heterocycles. The first-order chi connectivity index (χ1) is 17.3. The Balaban J connectivity index is 1.56. The van der Waals surface area contributed by atoms with Crippen molar-refractivity contribution in [3.63, 3.8) is 0 Å². The van der Waals surface area contributed by atoms with Gasteiger partial charge in [0, 0.05) is 18.1 Å². The van der Waals surface area contributed by atoms with Crippen LogP contribution in [0.25, 0.3) is 22.2 Å². The van der Waals surface area contributed by atoms with Gasteiger partial charge in [0.25, 0.3) is 5.92 Å². The molecule has 0 aliphatic heterocycles. The maximum Gasteiger partial charge on any atom is 0.516 e. The number of hydrogen-bond donors (Lipinski definition) is 2. The first-order valence-corrected chi connectivity index (χ1v) is 12.1. The van der Waals surface area contributed by atoms with E-state index in [9.17, 15) is 30.4 Å². The van der Waals surface area contributed by atoms with Crippen LogP contribution in [0.2, 0.25) is 0 Å². The zero-order valence-corrected chi connectivity index (χ0v) is 19.8. The molecule has 1 heterocycles. The summed E-state index contributed by atoms with van der Waals surface area (Å²) in [5, 5.41) is 0. The fourth-order valence-electron chi connectivity index (χ4n) is 3.24. The second-order valence-corrected chi connectivity index (χ2v) is 9.72. The highest BCUT2D eigenvalue weighted by atomic mass is 32.2. The summed E-state index contributed by atoms with van der Waals surface area (Å²) < 4.78 is 94.2. The fourth-order valence-corrected chi connectivity index (χ4v) is 3.82. The van der Waals surface area contributed by atoms with E-state index in [1.54, 1.807) is 41.1 Å². The molecule has 0 amide bonds. The number of nitrogens with zero attached hydrogens (tertiary/aromatic N) is 1. The molecule has 0 bridgehead atoms. The van der Waals surface area contributed by atoms with Crippen LogP contribution in [0, 0.1) is 11.8 Å². The van der Waals surface area contributed by atoms with Crippen molar-refractivity contribution in [2.24, 2.45) is 0 Å². The highest BCUT2D eigenvalue weighted by molar-refractivity contribution is 7.93. The Labute approximate surface area is 208 Å². The molecule has 0 atom stereocenters. The Bertz CT molecular complexity index is 1600. The number of hydrogen-bond acceptors (Lipinski definition) is 4. The summed E-state index contributed by atoms with van der Waals surface area (Å²) in [4.78, 5) is 7.36. The number of H-pyrrole nitrogens is 1. The van der Waals surface area contributed by atoms with Crippen LogP contribution in [0.3, 0.4) is 0 Å². The summed E-state index contributed by atoms with van der Waals surface area (Å²) in [6, 6.07) is 16.8. The molecule has 0 aliphatic rings. The van der Waals surface area contributed by atoms with E-state index in [0.717, 1.165) is 6.92 Å². The van der Waals surface area contributed by atoms with Crippen LogP contribution in [0.1, 0.15) is 18.3 Å². The smallest absolute Gasteiger partial charge is 0.487 e. The second kappa shape index (κ2) is 9.74. The largest absolute Gasteiger partial charge is 0.516 e. The SMILES string of the molecule is CC(F)(F)COc1ccc(C#Cc2nc3ccc(-c4ccccc4NS(=O)(=O)C(F)(F)F)cc3[nH]2)cc1. The van der Waals surface area contributed by atoms with Crippen molar-refractivity contribution in [2.75, 3.05) is 11.3 Å². The summed E-state index contributed by atoms with van der Waals surface area (Å²) in [5.41, 5.74) is -3.35. The molecule has 37 heavy (non-hydrogen) atoms. The number of ether oxygens (including phenoxy) is 1. The van der Waals surface area contributed by atoms with Crippen LogP contribution in [-0.2, 0) is 10.0 Å². The van der Waals surface area contributed by atoms with E-state index >= 15 is 0 Å². The molecule has 0 saturated carbocycles. The maximum absolute atomic E-state index is 12.9. The van der Waals surface area contributed by atoms with Gasteiger partial charge in [0.15, 0.2) is 12.4 Å². The van der Waals surface area contributed by atoms with Crippen molar-refractivity contribution in [3.05, 3.63) is 78.1 Å². The van der Waals surface area contributed by atoms with Crippen molar-refractivity contribution in [3.8, 4) is 28.7 Å². The molecule has 12 heteroatoms. The zero-order chi connectivity index (χ0) is 26.8. The number of alkyl halides is 5. The molecule has 6 nitrogen and oxygen atoms in total. The minimum absolute atomic E-state index is 0.228. The van der Waals surface area contributed by atoms with E-state index in [1.165, 1.54) is 30.3 Å². The third-order valence-corrected chi connectivity index (χ3v) is 6.04. The summed E-state index contributed by atoms with van der Waals surface area (Å²) >= 11 is 0. The molecular formula is C25H18F5N3O3S. The summed E-state index contributed by atoms with van der Waals surface area (Å²) in [7, 11) is -5.60. The number of benzene rings is 3. The van der Waals surface area contributed by atoms with Crippen molar-refractivity contribution >= 4 is 26.7 Å². The normalized spacial score (nSPS) is 12.2. The lowest BCUT2D eigenvalue weighted by Gasteiger charge is -2.14. The lowest BCUT2D eigenvalue weighted by molar-refractivity contribution is -0.0429. The van der Waals surface area contributed by atoms with Gasteiger partial charge in [-0.15, -0.1) is 0 Å². The predicted molar refractivity (Wildman–Crippen MR) is 129 cm³/mol. The molecule has 3 aromatic carbocycles. The van der Waals surface area contributed by atoms with Gasteiger partial charge in [0.1, 0.15) is 5.75 Å². The Morgan fingerprint density at radius 2 is 1.68 bits per heavy atom. The standard InChI is InChI=1S/C25H18F5N3O3S/c1-24(26,27)15-36-18-10-6-16(7-11-18)8-13-23-31-21-12-9-17(14-22(21)32-23)19-4-2-3-5-20(19)33-37(34,35)25(28,29)30/h2-7,9-12,14,33H,15H2,1H3,(H,31,32). The number of sulfonamides is 1. The molecule has 2 N–H and O–H groups in total. The molecule has 192 valence electrons. The minimum Gasteiger partial charge on any atom is -0.487 e. The number of nitrogens with one attached hydrogen (secondary N) is 2. The van der Waals surface area contributed by atoms with Gasteiger partial charge in [-0.05, 0) is 53.9 Å². The lowest BCUT2D eigenvalue weighted by Crippen LogP contribution is -2.30. The van der Waals surface area contributed by atoms with Gasteiger partial charge in [-0.25, -0.2) is 13.8 Å². The molecule has 0 spiro atoms. The number of aromatic nitrogens is 2. The first kappa shape index (κ1) is 26.0. The average molecular weight is 535 g/mol. The Morgan fingerprint density at radius 1 is 0.973 bits per heavy atom. The molecule has 4 aromatic rings. The van der Waals surface area contributed by atoms with Crippen LogP contribution in [0.5, 0.6) is 5.75 Å². The molecule has 0 aliphatic carbocycles. The van der Waals surface area contributed by atoms with Crippen LogP contribution in [0.4, 0.5) is 27.6 Å². The highest BCUT2D eigenvalue weighted by Gasteiger charge is 2.46. The number of aromatic amines is 1. The number of imidazole rings is 1. The molecular weight excluding hydrogens is 517 g/mol. The molecule has 0 radical (unpaired) electrons. The van der Waals surface area contributed by atoms with E-state index < -0.39 is 28.1 Å². The fraction of sp³-hybridized carbons (Fsp3) is 0.160. The number of fused-ring (bicyclic) bond motifs is 1. The van der Waals surface area contributed by atoms with Crippen LogP contribution < -0.4 is 9.46 Å². The molecule has 0 unspecified atom stereocenters.